The van der Waals surface area contributed by atoms with Crippen molar-refractivity contribution in [1.82, 2.24) is 20.8 Å². The fraction of sp³-hybridized carbons (Fsp3) is 0.556. The van der Waals surface area contributed by atoms with E-state index >= 15 is 0 Å². The van der Waals surface area contributed by atoms with Crippen LogP contribution in [0.1, 0.15) is 10.4 Å². The normalized spacial score (nSPS) is 33.9. The molecule has 74 valence electrons. The smallest absolute Gasteiger partial charge is 0.254 e. The lowest BCUT2D eigenvalue weighted by Crippen LogP contribution is -2.32. The zero-order valence-electron chi connectivity index (χ0n) is 7.66. The number of fused-ring (bicyclic) bond motifs is 1. The average molecular weight is 192 g/mol. The van der Waals surface area contributed by atoms with Crippen LogP contribution in [0.15, 0.2) is 12.4 Å². The van der Waals surface area contributed by atoms with Crippen molar-refractivity contribution in [2.45, 2.75) is 6.04 Å². The first-order valence-corrected chi connectivity index (χ1v) is 4.86. The van der Waals surface area contributed by atoms with E-state index < -0.39 is 0 Å². The SMILES string of the molecule is O=C(NC1C2CNCC21)c1cn[nH]c1. The molecule has 5 heteroatoms. The molecular weight excluding hydrogens is 180 g/mol. The Morgan fingerprint density at radius 1 is 1.50 bits per heavy atom. The minimum Gasteiger partial charge on any atom is -0.349 e. The van der Waals surface area contributed by atoms with Gasteiger partial charge in [0.1, 0.15) is 0 Å². The summed E-state index contributed by atoms with van der Waals surface area (Å²) in [4.78, 5) is 11.6. The van der Waals surface area contributed by atoms with E-state index in [-0.39, 0.29) is 5.91 Å². The maximum absolute atomic E-state index is 11.6. The van der Waals surface area contributed by atoms with Crippen molar-refractivity contribution in [1.29, 1.82) is 0 Å². The quantitative estimate of drug-likeness (QED) is 0.583. The highest BCUT2D eigenvalue weighted by molar-refractivity contribution is 5.94. The second-order valence-corrected chi connectivity index (χ2v) is 3.97. The summed E-state index contributed by atoms with van der Waals surface area (Å²) in [5.74, 6) is 1.30. The number of aromatic amines is 1. The van der Waals surface area contributed by atoms with E-state index in [1.807, 2.05) is 0 Å². The van der Waals surface area contributed by atoms with Gasteiger partial charge in [-0.3, -0.25) is 9.89 Å². The summed E-state index contributed by atoms with van der Waals surface area (Å²) in [6.07, 6.45) is 3.16. The van der Waals surface area contributed by atoms with Crippen LogP contribution < -0.4 is 10.6 Å². The molecule has 2 atom stereocenters. The van der Waals surface area contributed by atoms with E-state index in [1.165, 1.54) is 0 Å². The lowest BCUT2D eigenvalue weighted by molar-refractivity contribution is 0.0946. The van der Waals surface area contributed by atoms with Crippen LogP contribution in [0.25, 0.3) is 0 Å². The van der Waals surface area contributed by atoms with Crippen LogP contribution in [0.5, 0.6) is 0 Å². The molecule has 1 aromatic heterocycles. The fourth-order valence-corrected chi connectivity index (χ4v) is 2.24. The van der Waals surface area contributed by atoms with Crippen molar-refractivity contribution in [3.63, 3.8) is 0 Å². The highest BCUT2D eigenvalue weighted by atomic mass is 16.1. The van der Waals surface area contributed by atoms with Crippen LogP contribution >= 0.6 is 0 Å². The monoisotopic (exact) mass is 192 g/mol. The first kappa shape index (κ1) is 7.99. The largest absolute Gasteiger partial charge is 0.349 e. The number of rotatable bonds is 2. The number of carbonyl (C=O) groups is 1. The number of aromatic nitrogens is 2. The highest BCUT2D eigenvalue weighted by Crippen LogP contribution is 2.41. The van der Waals surface area contributed by atoms with E-state index in [4.69, 9.17) is 0 Å². The number of hydrogen-bond donors (Lipinski definition) is 3. The number of piperidine rings is 1. The van der Waals surface area contributed by atoms with Gasteiger partial charge in [0.25, 0.3) is 5.91 Å². The molecule has 1 aromatic rings. The molecule has 1 saturated carbocycles. The number of nitrogens with one attached hydrogen (secondary N) is 3. The van der Waals surface area contributed by atoms with Gasteiger partial charge in [-0.2, -0.15) is 5.10 Å². The summed E-state index contributed by atoms with van der Waals surface area (Å²) in [5, 5.41) is 12.7. The molecule has 0 aromatic carbocycles. The average Bonchev–Trinajstić information content (AvgIpc) is 2.75. The fourth-order valence-electron chi connectivity index (χ4n) is 2.24. The number of H-pyrrole nitrogens is 1. The van der Waals surface area contributed by atoms with Crippen LogP contribution in [0.3, 0.4) is 0 Å². The molecule has 5 nitrogen and oxygen atoms in total. The Bertz CT molecular complexity index is 338. The molecule has 0 radical (unpaired) electrons. The van der Waals surface area contributed by atoms with Crippen LogP contribution in [-0.2, 0) is 0 Å². The van der Waals surface area contributed by atoms with Gasteiger partial charge in [0.05, 0.1) is 11.8 Å². The lowest BCUT2D eigenvalue weighted by Gasteiger charge is -2.05. The Balaban J connectivity index is 1.61. The Hall–Kier alpha value is -1.36. The van der Waals surface area contributed by atoms with Gasteiger partial charge in [0.2, 0.25) is 0 Å². The van der Waals surface area contributed by atoms with Crippen molar-refractivity contribution in [2.24, 2.45) is 11.8 Å². The van der Waals surface area contributed by atoms with E-state index in [1.54, 1.807) is 12.4 Å². The van der Waals surface area contributed by atoms with Gasteiger partial charge in [-0.25, -0.2) is 0 Å². The van der Waals surface area contributed by atoms with Crippen molar-refractivity contribution in [2.75, 3.05) is 13.1 Å². The predicted octanol–water partition coefficient (Wildman–Crippen LogP) is -0.643. The van der Waals surface area contributed by atoms with Crippen LogP contribution in [0.4, 0.5) is 0 Å². The number of amides is 1. The standard InChI is InChI=1S/C9H12N4O/c14-9(5-1-11-12-2-5)13-8-6-3-10-4-7(6)8/h1-2,6-8,10H,3-4H2,(H,11,12)(H,13,14). The van der Waals surface area contributed by atoms with Gasteiger partial charge in [-0.05, 0) is 11.8 Å². The molecule has 2 unspecified atom stereocenters. The van der Waals surface area contributed by atoms with Crippen LogP contribution in [-0.4, -0.2) is 35.2 Å². The van der Waals surface area contributed by atoms with Crippen molar-refractivity contribution < 1.29 is 4.79 Å². The second kappa shape index (κ2) is 2.81. The minimum atomic E-state index is -0.0156. The molecule has 1 saturated heterocycles. The summed E-state index contributed by atoms with van der Waals surface area (Å²) in [7, 11) is 0. The van der Waals surface area contributed by atoms with Gasteiger partial charge >= 0.3 is 0 Å². The first-order chi connectivity index (χ1) is 6.86. The summed E-state index contributed by atoms with van der Waals surface area (Å²) in [6.45, 7) is 2.09. The number of carbonyl (C=O) groups excluding carboxylic acids is 1. The molecule has 3 N–H and O–H groups in total. The van der Waals surface area contributed by atoms with Crippen molar-refractivity contribution in [3.8, 4) is 0 Å². The molecular formula is C9H12N4O. The molecule has 0 bridgehead atoms. The predicted molar refractivity (Wildman–Crippen MR) is 49.7 cm³/mol. The zero-order chi connectivity index (χ0) is 9.54. The van der Waals surface area contributed by atoms with E-state index in [0.717, 1.165) is 13.1 Å². The number of nitrogens with zero attached hydrogens (tertiary/aromatic N) is 1. The molecule has 14 heavy (non-hydrogen) atoms. The number of hydrogen-bond acceptors (Lipinski definition) is 3. The van der Waals surface area contributed by atoms with Crippen LogP contribution in [0.2, 0.25) is 0 Å². The van der Waals surface area contributed by atoms with Crippen LogP contribution in [0, 0.1) is 11.8 Å². The zero-order valence-corrected chi connectivity index (χ0v) is 7.66. The molecule has 0 spiro atoms. The molecule has 1 aliphatic heterocycles. The summed E-state index contributed by atoms with van der Waals surface area (Å²) in [6, 6.07) is 0.388. The third-order valence-corrected chi connectivity index (χ3v) is 3.15. The topological polar surface area (TPSA) is 69.8 Å². The summed E-state index contributed by atoms with van der Waals surface area (Å²) in [5.41, 5.74) is 0.614. The highest BCUT2D eigenvalue weighted by Gasteiger charge is 2.53. The summed E-state index contributed by atoms with van der Waals surface area (Å²) >= 11 is 0. The van der Waals surface area contributed by atoms with Gasteiger partial charge in [0.15, 0.2) is 0 Å². The second-order valence-electron chi connectivity index (χ2n) is 3.97. The molecule has 2 heterocycles. The first-order valence-electron chi connectivity index (χ1n) is 4.86. The van der Waals surface area contributed by atoms with E-state index in [9.17, 15) is 4.79 Å². The van der Waals surface area contributed by atoms with E-state index in [2.05, 4.69) is 20.8 Å². The van der Waals surface area contributed by atoms with Crippen molar-refractivity contribution in [3.05, 3.63) is 18.0 Å². The van der Waals surface area contributed by atoms with Crippen molar-refractivity contribution >= 4 is 5.91 Å². The van der Waals surface area contributed by atoms with Gasteiger partial charge in [-0.1, -0.05) is 0 Å². The molecule has 1 aliphatic carbocycles. The summed E-state index contributed by atoms with van der Waals surface area (Å²) < 4.78 is 0. The van der Waals surface area contributed by atoms with Gasteiger partial charge in [0, 0.05) is 25.3 Å². The Morgan fingerprint density at radius 2 is 2.29 bits per heavy atom. The molecule has 2 aliphatic rings. The third-order valence-electron chi connectivity index (χ3n) is 3.15. The Morgan fingerprint density at radius 3 is 2.93 bits per heavy atom. The lowest BCUT2D eigenvalue weighted by atomic mass is 10.3. The molecule has 1 amide bonds. The van der Waals surface area contributed by atoms with E-state index in [0.29, 0.717) is 23.4 Å². The Kier molecular flexibility index (Phi) is 1.61. The maximum atomic E-state index is 11.6. The van der Waals surface area contributed by atoms with Gasteiger partial charge in [-0.15, -0.1) is 0 Å². The van der Waals surface area contributed by atoms with Gasteiger partial charge < -0.3 is 10.6 Å². The molecule has 2 fully saturated rings. The third kappa shape index (κ3) is 1.13. The molecule has 3 rings (SSSR count). The minimum absolute atomic E-state index is 0.0156. The Labute approximate surface area is 81.3 Å². The maximum Gasteiger partial charge on any atom is 0.254 e.